The van der Waals surface area contributed by atoms with Crippen LogP contribution in [0.5, 0.6) is 0 Å². The molecule has 2 amide bonds. The smallest absolute Gasteiger partial charge is 0.352 e. The number of rotatable bonds is 3. The number of carbonyl (C=O) groups is 2. The lowest BCUT2D eigenvalue weighted by atomic mass is 9.95. The van der Waals surface area contributed by atoms with Gasteiger partial charge in [0.1, 0.15) is 5.82 Å². The third-order valence-electron chi connectivity index (χ3n) is 4.68. The minimum atomic E-state index is -4.70. The van der Waals surface area contributed by atoms with Crippen molar-refractivity contribution in [2.45, 2.75) is 57.8 Å². The molecule has 2 aromatic rings. The van der Waals surface area contributed by atoms with Crippen LogP contribution in [0.15, 0.2) is 29.4 Å². The second-order valence-electron chi connectivity index (χ2n) is 8.19. The number of halogens is 4. The highest BCUT2D eigenvalue weighted by molar-refractivity contribution is 7.09. The van der Waals surface area contributed by atoms with E-state index in [1.165, 1.54) is 11.3 Å². The first kappa shape index (κ1) is 22.2. The molecule has 0 bridgehead atoms. The zero-order valence-corrected chi connectivity index (χ0v) is 17.5. The molecule has 5 nitrogen and oxygen atoms in total. The summed E-state index contributed by atoms with van der Waals surface area (Å²) >= 11 is 1.21. The van der Waals surface area contributed by atoms with Gasteiger partial charge in [-0.3, -0.25) is 9.59 Å². The molecule has 1 atom stereocenters. The lowest BCUT2D eigenvalue weighted by Gasteiger charge is -2.15. The Balaban J connectivity index is 2.02. The fraction of sp³-hybridized carbons (Fsp3) is 0.450. The van der Waals surface area contributed by atoms with Gasteiger partial charge in [0.05, 0.1) is 11.1 Å². The minimum absolute atomic E-state index is 0.0625. The van der Waals surface area contributed by atoms with E-state index >= 15 is 0 Å². The average Bonchev–Trinajstić information content (AvgIpc) is 3.20. The Morgan fingerprint density at radius 3 is 2.57 bits per heavy atom. The molecule has 0 radical (unpaired) electrons. The van der Waals surface area contributed by atoms with Gasteiger partial charge < -0.3 is 9.88 Å². The molecule has 1 aliphatic rings. The molecule has 1 fully saturated rings. The molecule has 162 valence electrons. The van der Waals surface area contributed by atoms with Crippen LogP contribution in [0.4, 0.5) is 17.6 Å². The fourth-order valence-corrected chi connectivity index (χ4v) is 4.06. The maximum Gasteiger partial charge on any atom is 0.416 e. The quantitative estimate of drug-likeness (QED) is 0.729. The van der Waals surface area contributed by atoms with E-state index < -0.39 is 29.0 Å². The van der Waals surface area contributed by atoms with Crippen LogP contribution >= 0.6 is 11.3 Å². The molecule has 0 saturated carbocycles. The van der Waals surface area contributed by atoms with E-state index in [0.29, 0.717) is 37.6 Å². The highest BCUT2D eigenvalue weighted by atomic mass is 32.1. The van der Waals surface area contributed by atoms with Gasteiger partial charge in [-0.25, -0.2) is 4.39 Å². The largest absolute Gasteiger partial charge is 0.416 e. The topological polar surface area (TPSA) is 63.5 Å². The average molecular weight is 443 g/mol. The van der Waals surface area contributed by atoms with Gasteiger partial charge >= 0.3 is 6.18 Å². The number of aromatic nitrogens is 1. The number of hydrogen-bond donors (Lipinski definition) is 1. The third kappa shape index (κ3) is 4.97. The molecule has 1 aliphatic heterocycles. The van der Waals surface area contributed by atoms with E-state index in [9.17, 15) is 27.2 Å². The first-order valence-electron chi connectivity index (χ1n) is 9.30. The number of hydrogen-bond acceptors (Lipinski definition) is 3. The molecule has 3 rings (SSSR count). The summed E-state index contributed by atoms with van der Waals surface area (Å²) in [5, 5.41) is 2.83. The number of thiazole rings is 1. The number of nitrogens with zero attached hydrogens (tertiary/aromatic N) is 2. The van der Waals surface area contributed by atoms with E-state index in [2.05, 4.69) is 10.3 Å². The number of nitrogens with one attached hydrogen (secondary N) is 1. The summed E-state index contributed by atoms with van der Waals surface area (Å²) in [6.07, 6.45) is -1.86. The Hall–Kier alpha value is -2.49. The molecule has 0 unspecified atom stereocenters. The van der Waals surface area contributed by atoms with Crippen LogP contribution < -0.4 is 10.1 Å². The van der Waals surface area contributed by atoms with Gasteiger partial charge in [-0.05, 0) is 30.0 Å². The van der Waals surface area contributed by atoms with Crippen LogP contribution in [0.2, 0.25) is 0 Å². The highest BCUT2D eigenvalue weighted by Crippen LogP contribution is 2.30. The third-order valence-corrected chi connectivity index (χ3v) is 6.13. The van der Waals surface area contributed by atoms with Crippen molar-refractivity contribution in [3.05, 3.63) is 51.0 Å². The van der Waals surface area contributed by atoms with Gasteiger partial charge in [0.2, 0.25) is 5.91 Å². The van der Waals surface area contributed by atoms with Crippen LogP contribution in [-0.4, -0.2) is 22.4 Å². The first-order valence-corrected chi connectivity index (χ1v) is 10.1. The van der Waals surface area contributed by atoms with Crippen LogP contribution in [0, 0.1) is 5.82 Å². The summed E-state index contributed by atoms with van der Waals surface area (Å²) in [6.45, 7) is 6.27. The summed E-state index contributed by atoms with van der Waals surface area (Å²) in [5.41, 5.74) is -2.12. The molecule has 1 saturated heterocycles. The second-order valence-corrected chi connectivity index (χ2v) is 9.20. The van der Waals surface area contributed by atoms with Gasteiger partial charge in [-0.2, -0.15) is 18.2 Å². The van der Waals surface area contributed by atoms with Crippen molar-refractivity contribution < 1.29 is 27.2 Å². The molecule has 0 aliphatic carbocycles. The Morgan fingerprint density at radius 2 is 2.00 bits per heavy atom. The molecular formula is C20H21F4N3O2S. The highest BCUT2D eigenvalue weighted by Gasteiger charge is 2.32. The van der Waals surface area contributed by atoms with E-state index in [1.807, 2.05) is 27.0 Å². The van der Waals surface area contributed by atoms with Gasteiger partial charge in [0.15, 0.2) is 4.80 Å². The summed E-state index contributed by atoms with van der Waals surface area (Å²) in [6, 6.07) is 1.53. The predicted molar refractivity (Wildman–Crippen MR) is 103 cm³/mol. The molecule has 1 N–H and O–H groups in total. The van der Waals surface area contributed by atoms with E-state index in [0.717, 1.165) is 4.88 Å². The van der Waals surface area contributed by atoms with Crippen molar-refractivity contribution in [2.75, 3.05) is 0 Å². The zero-order chi connectivity index (χ0) is 22.3. The molecule has 30 heavy (non-hydrogen) atoms. The second kappa shape index (κ2) is 7.98. The SMILES string of the molecule is CC(C)(C)c1cn(C[C@@H]2CCC(=O)N2)c(=NC(=O)c2cc(C(F)(F)F)ccc2F)s1. The summed E-state index contributed by atoms with van der Waals surface area (Å²) in [5.74, 6) is -2.23. The van der Waals surface area contributed by atoms with E-state index in [-0.39, 0.29) is 22.2 Å². The van der Waals surface area contributed by atoms with Gasteiger partial charge in [0, 0.05) is 30.1 Å². The van der Waals surface area contributed by atoms with Crippen LogP contribution in [0.3, 0.4) is 0 Å². The van der Waals surface area contributed by atoms with E-state index in [4.69, 9.17) is 0 Å². The molecule has 1 aromatic heterocycles. The summed E-state index contributed by atoms with van der Waals surface area (Å²) in [4.78, 5) is 29.1. The lowest BCUT2D eigenvalue weighted by Crippen LogP contribution is -2.32. The molecule has 10 heteroatoms. The van der Waals surface area contributed by atoms with Crippen molar-refractivity contribution in [3.8, 4) is 0 Å². The van der Waals surface area contributed by atoms with Crippen LogP contribution in [-0.2, 0) is 22.9 Å². The first-order chi connectivity index (χ1) is 13.8. The van der Waals surface area contributed by atoms with Crippen LogP contribution in [0.1, 0.15) is 54.4 Å². The molecule has 0 spiro atoms. The maximum atomic E-state index is 14.1. The lowest BCUT2D eigenvalue weighted by molar-refractivity contribution is -0.137. The standard InChI is InChI=1S/C20H21F4N3O2S/c1-19(2,3)15-10-27(9-12-5-7-16(28)25-12)18(30-15)26-17(29)13-8-11(20(22,23)24)4-6-14(13)21/h4,6,8,10,12H,5,7,9H2,1-3H3,(H,25,28)/t12-/m0/s1. The predicted octanol–water partition coefficient (Wildman–Crippen LogP) is 4.02. The van der Waals surface area contributed by atoms with Gasteiger partial charge in [-0.15, -0.1) is 11.3 Å². The molecule has 2 heterocycles. The Labute approximate surface area is 174 Å². The van der Waals surface area contributed by atoms with Crippen molar-refractivity contribution in [1.82, 2.24) is 9.88 Å². The van der Waals surface area contributed by atoms with Crippen molar-refractivity contribution in [3.63, 3.8) is 0 Å². The Kier molecular flexibility index (Phi) is 5.90. The molecule has 1 aromatic carbocycles. The minimum Gasteiger partial charge on any atom is -0.352 e. The number of amides is 2. The maximum absolute atomic E-state index is 14.1. The van der Waals surface area contributed by atoms with Crippen molar-refractivity contribution in [1.29, 1.82) is 0 Å². The monoisotopic (exact) mass is 443 g/mol. The van der Waals surface area contributed by atoms with E-state index in [1.54, 1.807) is 4.57 Å². The normalized spacial score (nSPS) is 18.0. The Morgan fingerprint density at radius 1 is 1.30 bits per heavy atom. The Bertz CT molecular complexity index is 1050. The van der Waals surface area contributed by atoms with Gasteiger partial charge in [-0.1, -0.05) is 20.8 Å². The van der Waals surface area contributed by atoms with Crippen LogP contribution in [0.25, 0.3) is 0 Å². The van der Waals surface area contributed by atoms with Gasteiger partial charge in [0.25, 0.3) is 5.91 Å². The summed E-state index contributed by atoms with van der Waals surface area (Å²) in [7, 11) is 0. The van der Waals surface area contributed by atoms with Crippen molar-refractivity contribution >= 4 is 23.2 Å². The van der Waals surface area contributed by atoms with Crippen molar-refractivity contribution in [2.24, 2.45) is 4.99 Å². The molecular weight excluding hydrogens is 422 g/mol. The fourth-order valence-electron chi connectivity index (χ4n) is 3.01. The number of alkyl halides is 3. The summed E-state index contributed by atoms with van der Waals surface area (Å²) < 4.78 is 54.6. The zero-order valence-electron chi connectivity index (χ0n) is 16.6. The number of carbonyl (C=O) groups excluding carboxylic acids is 2. The number of benzene rings is 1.